The number of rotatable bonds is 3. The highest BCUT2D eigenvalue weighted by Crippen LogP contribution is 2.29. The second-order valence-electron chi connectivity index (χ2n) is 3.83. The molecule has 2 rings (SSSR count). The molecule has 0 bridgehead atoms. The smallest absolute Gasteiger partial charge is 0.417 e. The second-order valence-corrected chi connectivity index (χ2v) is 3.83. The average molecular weight is 281 g/mol. The molecule has 0 amide bonds. The maximum atomic E-state index is 12.4. The zero-order chi connectivity index (χ0) is 14.6. The van der Waals surface area contributed by atoms with Crippen LogP contribution in [0.5, 0.6) is 11.6 Å². The van der Waals surface area contributed by atoms with Gasteiger partial charge in [-0.2, -0.15) is 18.3 Å². The fourth-order valence-electron chi connectivity index (χ4n) is 1.44. The Morgan fingerprint density at radius 2 is 1.80 bits per heavy atom. The predicted octanol–water partition coefficient (Wildman–Crippen LogP) is 3.19. The summed E-state index contributed by atoms with van der Waals surface area (Å²) in [5.74, 6) is 5.54. The largest absolute Gasteiger partial charge is 0.439 e. The lowest BCUT2D eigenvalue weighted by atomic mass is 10.2. The summed E-state index contributed by atoms with van der Waals surface area (Å²) < 4.78 is 42.4. The van der Waals surface area contributed by atoms with Crippen LogP contribution in [0.25, 0.3) is 0 Å². The lowest BCUT2D eigenvalue weighted by molar-refractivity contribution is -0.137. The minimum atomic E-state index is -4.41. The van der Waals surface area contributed by atoms with Crippen LogP contribution in [0.15, 0.2) is 47.7 Å². The Morgan fingerprint density at radius 1 is 1.10 bits per heavy atom. The highest BCUT2D eigenvalue weighted by atomic mass is 19.4. The number of benzene rings is 1. The average Bonchev–Trinajstić information content (AvgIpc) is 2.41. The SMILES string of the molecule is NN=Cc1ccc(Oc2ccc(C(F)(F)F)cn2)cc1. The summed E-state index contributed by atoms with van der Waals surface area (Å²) in [6, 6.07) is 8.76. The summed E-state index contributed by atoms with van der Waals surface area (Å²) in [6.45, 7) is 0. The van der Waals surface area contributed by atoms with Crippen molar-refractivity contribution in [2.75, 3.05) is 0 Å². The highest BCUT2D eigenvalue weighted by Gasteiger charge is 2.30. The number of ether oxygens (including phenoxy) is 1. The number of pyridine rings is 1. The van der Waals surface area contributed by atoms with Crippen LogP contribution in [0.4, 0.5) is 13.2 Å². The Bertz CT molecular complexity index is 592. The number of halogens is 3. The molecule has 0 saturated carbocycles. The summed E-state index contributed by atoms with van der Waals surface area (Å²) in [7, 11) is 0. The Hall–Kier alpha value is -2.57. The van der Waals surface area contributed by atoms with Crippen LogP contribution in [0.1, 0.15) is 11.1 Å². The summed E-state index contributed by atoms with van der Waals surface area (Å²) in [5.41, 5.74) is -0.0421. The molecule has 0 aliphatic rings. The Kier molecular flexibility index (Phi) is 3.88. The van der Waals surface area contributed by atoms with Crippen LogP contribution in [0, 0.1) is 0 Å². The van der Waals surface area contributed by atoms with Gasteiger partial charge in [-0.25, -0.2) is 4.98 Å². The first-order valence-corrected chi connectivity index (χ1v) is 5.53. The van der Waals surface area contributed by atoms with Crippen molar-refractivity contribution >= 4 is 6.21 Å². The minimum Gasteiger partial charge on any atom is -0.439 e. The van der Waals surface area contributed by atoms with E-state index in [1.165, 1.54) is 6.21 Å². The van der Waals surface area contributed by atoms with E-state index in [1.54, 1.807) is 24.3 Å². The van der Waals surface area contributed by atoms with E-state index in [0.717, 1.165) is 23.9 Å². The molecule has 1 aromatic heterocycles. The number of hydrogen-bond donors (Lipinski definition) is 1. The molecule has 0 saturated heterocycles. The van der Waals surface area contributed by atoms with Gasteiger partial charge in [0.05, 0.1) is 11.8 Å². The standard InChI is InChI=1S/C13H10F3N3O/c14-13(15,16)10-3-6-12(18-8-10)20-11-4-1-9(2-5-11)7-19-17/h1-8H,17H2. The van der Waals surface area contributed by atoms with Gasteiger partial charge in [0.15, 0.2) is 0 Å². The lowest BCUT2D eigenvalue weighted by Crippen LogP contribution is -2.05. The molecule has 0 radical (unpaired) electrons. The minimum absolute atomic E-state index is 0.0817. The molecule has 7 heteroatoms. The van der Waals surface area contributed by atoms with Crippen LogP contribution < -0.4 is 10.6 Å². The molecule has 104 valence electrons. The van der Waals surface area contributed by atoms with Crippen LogP contribution in [0.3, 0.4) is 0 Å². The van der Waals surface area contributed by atoms with E-state index < -0.39 is 11.7 Å². The Morgan fingerprint density at radius 3 is 2.30 bits per heavy atom. The Balaban J connectivity index is 2.10. The normalized spacial score (nSPS) is 11.8. The maximum Gasteiger partial charge on any atom is 0.417 e. The maximum absolute atomic E-state index is 12.4. The van der Waals surface area contributed by atoms with Crippen molar-refractivity contribution in [1.82, 2.24) is 4.98 Å². The van der Waals surface area contributed by atoms with Crippen LogP contribution in [-0.2, 0) is 6.18 Å². The lowest BCUT2D eigenvalue weighted by Gasteiger charge is -2.08. The second kappa shape index (κ2) is 5.60. The number of hydrogen-bond acceptors (Lipinski definition) is 4. The van der Waals surface area contributed by atoms with E-state index in [-0.39, 0.29) is 5.88 Å². The van der Waals surface area contributed by atoms with Crippen molar-refractivity contribution in [2.45, 2.75) is 6.18 Å². The molecule has 2 N–H and O–H groups in total. The fraction of sp³-hybridized carbons (Fsp3) is 0.0769. The van der Waals surface area contributed by atoms with Crippen molar-refractivity contribution in [3.05, 3.63) is 53.7 Å². The first-order valence-electron chi connectivity index (χ1n) is 5.53. The summed E-state index contributed by atoms with van der Waals surface area (Å²) in [5, 5.41) is 3.37. The molecule has 4 nitrogen and oxygen atoms in total. The van der Waals surface area contributed by atoms with Gasteiger partial charge in [0, 0.05) is 12.3 Å². The number of aromatic nitrogens is 1. The highest BCUT2D eigenvalue weighted by molar-refractivity contribution is 5.79. The molecule has 0 spiro atoms. The van der Waals surface area contributed by atoms with Gasteiger partial charge in [-0.05, 0) is 35.9 Å². The summed E-state index contributed by atoms with van der Waals surface area (Å²) in [6.07, 6.45) is -2.22. The summed E-state index contributed by atoms with van der Waals surface area (Å²) in [4.78, 5) is 3.61. The molecule has 1 aromatic carbocycles. The van der Waals surface area contributed by atoms with Gasteiger partial charge in [-0.15, -0.1) is 0 Å². The van der Waals surface area contributed by atoms with Crippen LogP contribution >= 0.6 is 0 Å². The summed E-state index contributed by atoms with van der Waals surface area (Å²) >= 11 is 0. The van der Waals surface area contributed by atoms with Crippen molar-refractivity contribution in [2.24, 2.45) is 10.9 Å². The van der Waals surface area contributed by atoms with E-state index in [0.29, 0.717) is 5.75 Å². The van der Waals surface area contributed by atoms with Crippen molar-refractivity contribution in [1.29, 1.82) is 0 Å². The molecule has 0 unspecified atom stereocenters. The van der Waals surface area contributed by atoms with E-state index >= 15 is 0 Å². The fourth-order valence-corrected chi connectivity index (χ4v) is 1.44. The third-order valence-electron chi connectivity index (χ3n) is 2.39. The topological polar surface area (TPSA) is 60.5 Å². The van der Waals surface area contributed by atoms with Crippen molar-refractivity contribution in [3.63, 3.8) is 0 Å². The van der Waals surface area contributed by atoms with Gasteiger partial charge < -0.3 is 10.6 Å². The first kappa shape index (κ1) is 13.9. The molecular weight excluding hydrogens is 271 g/mol. The number of hydrazone groups is 1. The molecule has 20 heavy (non-hydrogen) atoms. The quantitative estimate of drug-likeness (QED) is 0.534. The van der Waals surface area contributed by atoms with Crippen molar-refractivity contribution < 1.29 is 17.9 Å². The first-order chi connectivity index (χ1) is 9.49. The Labute approximate surface area is 112 Å². The number of nitrogens with zero attached hydrogens (tertiary/aromatic N) is 2. The van der Waals surface area contributed by atoms with Crippen LogP contribution in [-0.4, -0.2) is 11.2 Å². The third-order valence-corrected chi connectivity index (χ3v) is 2.39. The van der Waals surface area contributed by atoms with Gasteiger partial charge >= 0.3 is 6.18 Å². The predicted molar refractivity (Wildman–Crippen MR) is 67.5 cm³/mol. The molecule has 0 aliphatic heterocycles. The zero-order valence-corrected chi connectivity index (χ0v) is 10.1. The monoisotopic (exact) mass is 281 g/mol. The van der Waals surface area contributed by atoms with Crippen molar-refractivity contribution in [3.8, 4) is 11.6 Å². The molecule has 0 atom stereocenters. The molecule has 0 fully saturated rings. The van der Waals surface area contributed by atoms with Gasteiger partial charge in [0.2, 0.25) is 5.88 Å². The number of alkyl halides is 3. The molecule has 0 aliphatic carbocycles. The molecule has 2 aromatic rings. The van der Waals surface area contributed by atoms with Gasteiger partial charge in [-0.3, -0.25) is 0 Å². The number of nitrogens with two attached hydrogens (primary N) is 1. The van der Waals surface area contributed by atoms with Gasteiger partial charge in [0.25, 0.3) is 0 Å². The van der Waals surface area contributed by atoms with E-state index in [2.05, 4.69) is 10.1 Å². The zero-order valence-electron chi connectivity index (χ0n) is 10.1. The van der Waals surface area contributed by atoms with E-state index in [1.807, 2.05) is 0 Å². The third kappa shape index (κ3) is 3.47. The van der Waals surface area contributed by atoms with Crippen LogP contribution in [0.2, 0.25) is 0 Å². The van der Waals surface area contributed by atoms with E-state index in [9.17, 15) is 13.2 Å². The molecular formula is C13H10F3N3O. The molecule has 1 heterocycles. The van der Waals surface area contributed by atoms with Gasteiger partial charge in [0.1, 0.15) is 5.75 Å². The van der Waals surface area contributed by atoms with Gasteiger partial charge in [-0.1, -0.05) is 0 Å². The van der Waals surface area contributed by atoms with E-state index in [4.69, 9.17) is 10.6 Å².